The summed E-state index contributed by atoms with van der Waals surface area (Å²) in [5, 5.41) is 11.7. The maximum absolute atomic E-state index is 12.7. The third kappa shape index (κ3) is 11.2. The van der Waals surface area contributed by atoms with E-state index in [1.807, 2.05) is 90.9 Å². The zero-order chi connectivity index (χ0) is 41.0. The number of aryl methyl sites for hydroxylation is 5. The molecule has 0 bridgehead atoms. The minimum Gasteiger partial charge on any atom is -0.377 e. The van der Waals surface area contributed by atoms with E-state index in [9.17, 15) is 9.59 Å². The van der Waals surface area contributed by atoms with Crippen molar-refractivity contribution in [2.45, 2.75) is 67.7 Å². The molecule has 0 unspecified atom stereocenters. The minimum absolute atomic E-state index is 0. The van der Waals surface area contributed by atoms with E-state index >= 15 is 0 Å². The fourth-order valence-corrected chi connectivity index (χ4v) is 7.36. The molecule has 312 valence electrons. The molecule has 0 saturated heterocycles. The van der Waals surface area contributed by atoms with Gasteiger partial charge in [-0.25, -0.2) is 15.0 Å². The molecule has 0 aliphatic rings. The van der Waals surface area contributed by atoms with Gasteiger partial charge in [0, 0.05) is 78.0 Å². The fourth-order valence-electron chi connectivity index (χ4n) is 6.85. The summed E-state index contributed by atoms with van der Waals surface area (Å²) in [7, 11) is 9.69. The number of pyridine rings is 4. The Kier molecular flexibility index (Phi) is 16.6. The molecular formula is C42H56Cl3N11O2. The van der Waals surface area contributed by atoms with Gasteiger partial charge in [0.15, 0.2) is 22.9 Å². The van der Waals surface area contributed by atoms with Crippen LogP contribution < -0.4 is 14.7 Å². The number of hydrogen-bond acceptors (Lipinski definition) is 11. The Morgan fingerprint density at radius 1 is 0.759 bits per heavy atom. The van der Waals surface area contributed by atoms with Gasteiger partial charge in [-0.2, -0.15) is 10.2 Å². The highest BCUT2D eigenvalue weighted by Gasteiger charge is 2.21. The van der Waals surface area contributed by atoms with Gasteiger partial charge in [0.05, 0.1) is 35.6 Å². The second-order valence-electron chi connectivity index (χ2n) is 14.7. The van der Waals surface area contributed by atoms with Crippen molar-refractivity contribution in [1.29, 1.82) is 0 Å². The fraction of sp³-hybridized carbons (Fsp3) is 0.429. The number of rotatable bonds is 13. The van der Waals surface area contributed by atoms with E-state index in [-0.39, 0.29) is 54.7 Å². The first-order valence-corrected chi connectivity index (χ1v) is 19.3. The summed E-state index contributed by atoms with van der Waals surface area (Å²) in [5.41, 5.74) is 8.46. The van der Waals surface area contributed by atoms with Gasteiger partial charge in [-0.15, -0.1) is 12.4 Å². The van der Waals surface area contributed by atoms with Crippen LogP contribution >= 0.6 is 35.6 Å². The Morgan fingerprint density at radius 3 is 1.88 bits per heavy atom. The number of likely N-dealkylation sites (N-methyl/N-ethyl adjacent to an activating group) is 2. The maximum atomic E-state index is 12.7. The molecule has 0 aromatic carbocycles. The summed E-state index contributed by atoms with van der Waals surface area (Å²) in [6, 6.07) is 11.3. The Bertz CT molecular complexity index is 2370. The SMILES string of the molecule is C.CCN(CC(=O)Cc1cc(Cl)nc(Cl)c1)c1cc(C(C)C)c2c(C)nn(C)c2n1.Cc1cc(CC(=O)CN(C)c2cc(N(C)C)c3c(C)nn(C)c3n2)ccn1.Cl. The maximum Gasteiger partial charge on any atom is 0.162 e. The van der Waals surface area contributed by atoms with Gasteiger partial charge in [0.25, 0.3) is 0 Å². The number of anilines is 3. The molecule has 6 heterocycles. The number of fused-ring (bicyclic) bond motifs is 2. The van der Waals surface area contributed by atoms with Crippen LogP contribution in [0.5, 0.6) is 0 Å². The Hall–Kier alpha value is -4.85. The smallest absolute Gasteiger partial charge is 0.162 e. The summed E-state index contributed by atoms with van der Waals surface area (Å²) in [5.74, 6) is 2.05. The van der Waals surface area contributed by atoms with Gasteiger partial charge in [-0.3, -0.25) is 23.9 Å². The van der Waals surface area contributed by atoms with Gasteiger partial charge < -0.3 is 14.7 Å². The Balaban J connectivity index is 0.000000301. The van der Waals surface area contributed by atoms with E-state index in [0.29, 0.717) is 25.4 Å². The highest BCUT2D eigenvalue weighted by Crippen LogP contribution is 2.32. The zero-order valence-corrected chi connectivity index (χ0v) is 36.9. The second-order valence-corrected chi connectivity index (χ2v) is 15.4. The van der Waals surface area contributed by atoms with E-state index in [1.165, 1.54) is 5.56 Å². The minimum atomic E-state index is 0. The first-order valence-electron chi connectivity index (χ1n) is 18.5. The number of hydrogen-bond donors (Lipinski definition) is 0. The monoisotopic (exact) mass is 851 g/mol. The van der Waals surface area contributed by atoms with Gasteiger partial charge >= 0.3 is 0 Å². The van der Waals surface area contributed by atoms with Crippen molar-refractivity contribution in [2.75, 3.05) is 55.5 Å². The Labute approximate surface area is 358 Å². The van der Waals surface area contributed by atoms with Crippen LogP contribution in [0.2, 0.25) is 10.3 Å². The van der Waals surface area contributed by atoms with E-state index in [2.05, 4.69) is 45.0 Å². The number of halogens is 3. The van der Waals surface area contributed by atoms with Crippen molar-refractivity contribution in [3.63, 3.8) is 0 Å². The molecule has 0 radical (unpaired) electrons. The lowest BCUT2D eigenvalue weighted by molar-refractivity contribution is -0.118. The molecule has 0 aliphatic heterocycles. The molecule has 6 rings (SSSR count). The van der Waals surface area contributed by atoms with Gasteiger partial charge in [-0.05, 0) is 80.6 Å². The van der Waals surface area contributed by atoms with Crippen LogP contribution in [-0.2, 0) is 36.5 Å². The average molecular weight is 853 g/mol. The average Bonchev–Trinajstić information content (AvgIpc) is 3.57. The molecule has 0 amide bonds. The molecule has 16 heteroatoms. The molecule has 13 nitrogen and oxygen atoms in total. The van der Waals surface area contributed by atoms with E-state index < -0.39 is 0 Å². The molecule has 0 aliphatic carbocycles. The molecule has 0 fully saturated rings. The van der Waals surface area contributed by atoms with Gasteiger partial charge in [0.2, 0.25) is 0 Å². The second kappa shape index (κ2) is 20.2. The molecule has 0 spiro atoms. The predicted octanol–water partition coefficient (Wildman–Crippen LogP) is 8.09. The third-order valence-electron chi connectivity index (χ3n) is 9.49. The molecule has 6 aromatic rings. The number of nitrogens with zero attached hydrogens (tertiary/aromatic N) is 11. The first-order chi connectivity index (χ1) is 26.4. The van der Waals surface area contributed by atoms with Gasteiger partial charge in [0.1, 0.15) is 21.9 Å². The van der Waals surface area contributed by atoms with Crippen molar-refractivity contribution < 1.29 is 9.59 Å². The molecule has 58 heavy (non-hydrogen) atoms. The summed E-state index contributed by atoms with van der Waals surface area (Å²) < 4.78 is 3.59. The topological polar surface area (TPSA) is 131 Å². The summed E-state index contributed by atoms with van der Waals surface area (Å²) in [6.45, 7) is 13.5. The normalized spacial score (nSPS) is 10.9. The lowest BCUT2D eigenvalue weighted by Gasteiger charge is -2.23. The van der Waals surface area contributed by atoms with Crippen molar-refractivity contribution in [3.8, 4) is 0 Å². The predicted molar refractivity (Wildman–Crippen MR) is 241 cm³/mol. The standard InChI is InChI=1S/C21H25Cl2N5O.C20H26N6O.CH4.ClH/c1-6-28(11-15(29)7-14-8-17(22)24-18(23)9-14)19-10-16(12(2)3)20-13(4)26-27(5)21(20)25-19;1-13-9-15(7-8-21-13)10-16(27)12-25(5)18-11-17(24(3)4)19-14(2)23-26(6)20(19)22-18;;/h8-10,12H,6-7,11H2,1-5H3;7-9,11H,10,12H2,1-6H3;1H4;1H. The number of Topliss-reactive ketones (excluding diaryl/α,β-unsaturated/α-hetero) is 2. The largest absolute Gasteiger partial charge is 0.377 e. The van der Waals surface area contributed by atoms with Crippen molar-refractivity contribution in [3.05, 3.63) is 86.7 Å². The molecule has 0 saturated carbocycles. The summed E-state index contributed by atoms with van der Waals surface area (Å²) in [6.07, 6.45) is 2.37. The van der Waals surface area contributed by atoms with Crippen molar-refractivity contribution in [2.24, 2.45) is 14.1 Å². The number of carbonyl (C=O) groups excluding carboxylic acids is 2. The molecule has 6 aromatic heterocycles. The summed E-state index contributed by atoms with van der Waals surface area (Å²) in [4.78, 5) is 48.9. The lowest BCUT2D eigenvalue weighted by Crippen LogP contribution is -2.31. The highest BCUT2D eigenvalue weighted by molar-refractivity contribution is 6.32. The van der Waals surface area contributed by atoms with Crippen molar-refractivity contribution >= 4 is 86.6 Å². The Morgan fingerprint density at radius 2 is 1.31 bits per heavy atom. The van der Waals surface area contributed by atoms with E-state index in [0.717, 1.165) is 67.6 Å². The third-order valence-corrected chi connectivity index (χ3v) is 9.87. The van der Waals surface area contributed by atoms with Crippen LogP contribution in [0.1, 0.15) is 67.9 Å². The van der Waals surface area contributed by atoms with Crippen LogP contribution in [0.25, 0.3) is 22.1 Å². The highest BCUT2D eigenvalue weighted by atomic mass is 35.5. The van der Waals surface area contributed by atoms with E-state index in [4.69, 9.17) is 33.2 Å². The van der Waals surface area contributed by atoms with E-state index in [1.54, 1.807) is 27.7 Å². The molecule has 0 N–H and O–H groups in total. The van der Waals surface area contributed by atoms with Crippen LogP contribution in [0.4, 0.5) is 17.3 Å². The quantitative estimate of drug-likeness (QED) is 0.105. The molecular weight excluding hydrogens is 797 g/mol. The van der Waals surface area contributed by atoms with Crippen LogP contribution in [0.3, 0.4) is 0 Å². The lowest BCUT2D eigenvalue weighted by atomic mass is 9.99. The van der Waals surface area contributed by atoms with Crippen LogP contribution in [0, 0.1) is 20.8 Å². The number of ketones is 2. The van der Waals surface area contributed by atoms with Crippen molar-refractivity contribution in [1.82, 2.24) is 39.5 Å². The summed E-state index contributed by atoms with van der Waals surface area (Å²) >= 11 is 11.9. The molecule has 0 atom stereocenters. The zero-order valence-electron chi connectivity index (χ0n) is 34.6. The first kappa shape index (κ1) is 47.5. The number of carbonyl (C=O) groups is 2. The number of aromatic nitrogens is 8. The van der Waals surface area contributed by atoms with Gasteiger partial charge in [-0.1, -0.05) is 44.5 Å². The van der Waals surface area contributed by atoms with Crippen LogP contribution in [0.15, 0.2) is 42.6 Å². The van der Waals surface area contributed by atoms with Crippen LogP contribution in [-0.4, -0.2) is 91.8 Å².